The van der Waals surface area contributed by atoms with Crippen LogP contribution in [0.3, 0.4) is 0 Å². The molecule has 0 saturated heterocycles. The molecule has 0 atom stereocenters. The number of nitrogens with one attached hydrogen (secondary N) is 2. The number of fused-ring (bicyclic) bond motifs is 2. The van der Waals surface area contributed by atoms with E-state index in [2.05, 4.69) is 15.3 Å². The zero-order valence-electron chi connectivity index (χ0n) is 15.6. The summed E-state index contributed by atoms with van der Waals surface area (Å²) in [6.07, 6.45) is 2.63. The number of benzene rings is 1. The van der Waals surface area contributed by atoms with Crippen molar-refractivity contribution in [3.63, 3.8) is 0 Å². The standard InChI is InChI=1S/C18H21N5O3S2/c1-22(2)28(25,26)23-8-7-15-16(11-23)27-18(20-15)21-17(24)9-12-10-19-14-6-4-3-5-13(12)14/h3-6,10,19H,7-9,11H2,1-2H3,(H,20,21,24). The summed E-state index contributed by atoms with van der Waals surface area (Å²) in [4.78, 5) is 21.0. The van der Waals surface area contributed by atoms with Gasteiger partial charge in [-0.05, 0) is 11.6 Å². The Morgan fingerprint density at radius 2 is 2.14 bits per heavy atom. The van der Waals surface area contributed by atoms with Gasteiger partial charge in [0.1, 0.15) is 0 Å². The van der Waals surface area contributed by atoms with Gasteiger partial charge in [0, 0.05) is 49.0 Å². The fourth-order valence-electron chi connectivity index (χ4n) is 3.27. The number of hydrogen-bond donors (Lipinski definition) is 2. The van der Waals surface area contributed by atoms with Crippen LogP contribution in [-0.2, 0) is 34.4 Å². The first kappa shape index (κ1) is 19.1. The second kappa shape index (κ2) is 7.28. The molecule has 0 fully saturated rings. The first-order valence-electron chi connectivity index (χ1n) is 8.85. The number of H-pyrrole nitrogens is 1. The van der Waals surface area contributed by atoms with Crippen LogP contribution in [0, 0.1) is 0 Å². The molecule has 10 heteroatoms. The maximum atomic E-state index is 12.5. The molecule has 0 unspecified atom stereocenters. The van der Waals surface area contributed by atoms with Gasteiger partial charge < -0.3 is 10.3 Å². The summed E-state index contributed by atoms with van der Waals surface area (Å²) in [6, 6.07) is 7.85. The van der Waals surface area contributed by atoms with E-state index in [1.807, 2.05) is 30.5 Å². The van der Waals surface area contributed by atoms with Gasteiger partial charge >= 0.3 is 0 Å². The molecule has 1 aliphatic rings. The van der Waals surface area contributed by atoms with Gasteiger partial charge in [0.2, 0.25) is 5.91 Å². The second-order valence-corrected chi connectivity index (χ2v) is 10.1. The van der Waals surface area contributed by atoms with Crippen LogP contribution in [0.25, 0.3) is 10.9 Å². The minimum absolute atomic E-state index is 0.145. The molecule has 1 amide bonds. The quantitative estimate of drug-likeness (QED) is 0.661. The van der Waals surface area contributed by atoms with Crippen molar-refractivity contribution in [1.82, 2.24) is 18.6 Å². The van der Waals surface area contributed by atoms with Gasteiger partial charge in [-0.1, -0.05) is 18.2 Å². The van der Waals surface area contributed by atoms with E-state index >= 15 is 0 Å². The molecule has 0 radical (unpaired) electrons. The van der Waals surface area contributed by atoms with Crippen molar-refractivity contribution in [3.8, 4) is 0 Å². The SMILES string of the molecule is CN(C)S(=O)(=O)N1CCc2nc(NC(=O)Cc3c[nH]c4ccccc34)sc2C1. The van der Waals surface area contributed by atoms with Crippen molar-refractivity contribution in [3.05, 3.63) is 46.6 Å². The molecule has 0 saturated carbocycles. The summed E-state index contributed by atoms with van der Waals surface area (Å²) in [6.45, 7) is 0.672. The van der Waals surface area contributed by atoms with Crippen LogP contribution in [0.4, 0.5) is 5.13 Å². The van der Waals surface area contributed by atoms with Crippen LogP contribution in [0.1, 0.15) is 16.1 Å². The molecular weight excluding hydrogens is 398 g/mol. The molecule has 1 aromatic carbocycles. The van der Waals surface area contributed by atoms with Crippen molar-refractivity contribution < 1.29 is 13.2 Å². The number of carbonyl (C=O) groups excluding carboxylic acids is 1. The average molecular weight is 420 g/mol. The highest BCUT2D eigenvalue weighted by atomic mass is 32.2. The topological polar surface area (TPSA) is 98.4 Å². The predicted molar refractivity (Wildman–Crippen MR) is 109 cm³/mol. The largest absolute Gasteiger partial charge is 0.361 e. The summed E-state index contributed by atoms with van der Waals surface area (Å²) in [5.41, 5.74) is 2.78. The van der Waals surface area contributed by atoms with E-state index in [0.717, 1.165) is 27.0 Å². The normalized spacial score (nSPS) is 15.1. The number of aromatic amines is 1. The fourth-order valence-corrected chi connectivity index (χ4v) is 5.47. The van der Waals surface area contributed by atoms with Gasteiger partial charge in [0.15, 0.2) is 5.13 Å². The minimum Gasteiger partial charge on any atom is -0.361 e. The Labute approximate surface area is 167 Å². The maximum Gasteiger partial charge on any atom is 0.281 e. The molecule has 148 valence electrons. The molecule has 8 nitrogen and oxygen atoms in total. The Kier molecular flexibility index (Phi) is 4.96. The molecule has 1 aliphatic heterocycles. The van der Waals surface area contributed by atoms with Gasteiger partial charge in [-0.2, -0.15) is 17.0 Å². The van der Waals surface area contributed by atoms with Crippen molar-refractivity contribution in [1.29, 1.82) is 0 Å². The molecule has 0 spiro atoms. The lowest BCUT2D eigenvalue weighted by atomic mass is 10.1. The number of amides is 1. The van der Waals surface area contributed by atoms with Gasteiger partial charge in [-0.3, -0.25) is 4.79 Å². The molecular formula is C18H21N5O3S2. The molecule has 0 bridgehead atoms. The van der Waals surface area contributed by atoms with Crippen LogP contribution >= 0.6 is 11.3 Å². The van der Waals surface area contributed by atoms with E-state index < -0.39 is 10.2 Å². The van der Waals surface area contributed by atoms with Crippen LogP contribution in [-0.4, -0.2) is 53.5 Å². The molecule has 2 N–H and O–H groups in total. The highest BCUT2D eigenvalue weighted by molar-refractivity contribution is 7.86. The lowest BCUT2D eigenvalue weighted by Crippen LogP contribution is -2.42. The van der Waals surface area contributed by atoms with Crippen LogP contribution in [0.15, 0.2) is 30.5 Å². The van der Waals surface area contributed by atoms with Crippen molar-refractivity contribution in [2.24, 2.45) is 0 Å². The summed E-state index contributed by atoms with van der Waals surface area (Å²) >= 11 is 1.34. The predicted octanol–water partition coefficient (Wildman–Crippen LogP) is 1.97. The van der Waals surface area contributed by atoms with E-state index in [0.29, 0.717) is 18.1 Å². The van der Waals surface area contributed by atoms with Gasteiger partial charge in [-0.15, -0.1) is 11.3 Å². The van der Waals surface area contributed by atoms with E-state index in [1.165, 1.54) is 34.0 Å². The van der Waals surface area contributed by atoms with E-state index in [9.17, 15) is 13.2 Å². The number of rotatable bonds is 5. The monoisotopic (exact) mass is 419 g/mol. The van der Waals surface area contributed by atoms with Crippen LogP contribution < -0.4 is 5.32 Å². The first-order chi connectivity index (χ1) is 13.3. The number of anilines is 1. The number of para-hydroxylation sites is 1. The Bertz CT molecular complexity index is 1130. The molecule has 4 rings (SSSR count). The molecule has 0 aliphatic carbocycles. The Morgan fingerprint density at radius 1 is 1.36 bits per heavy atom. The summed E-state index contributed by atoms with van der Waals surface area (Å²) in [7, 11) is -0.413. The minimum atomic E-state index is -3.46. The third-order valence-electron chi connectivity index (χ3n) is 4.76. The number of hydrogen-bond acceptors (Lipinski definition) is 5. The van der Waals surface area contributed by atoms with Crippen molar-refractivity contribution in [2.45, 2.75) is 19.4 Å². The van der Waals surface area contributed by atoms with E-state index in [4.69, 9.17) is 0 Å². The second-order valence-electron chi connectivity index (χ2n) is 6.85. The third kappa shape index (κ3) is 3.55. The molecule has 3 aromatic rings. The zero-order chi connectivity index (χ0) is 19.9. The summed E-state index contributed by atoms with van der Waals surface area (Å²) in [5.74, 6) is -0.145. The van der Waals surface area contributed by atoms with E-state index in [-0.39, 0.29) is 18.9 Å². The zero-order valence-corrected chi connectivity index (χ0v) is 17.2. The van der Waals surface area contributed by atoms with E-state index in [1.54, 1.807) is 0 Å². The smallest absolute Gasteiger partial charge is 0.281 e. The Balaban J connectivity index is 1.46. The number of thiazole rings is 1. The molecule has 3 heterocycles. The third-order valence-corrected chi connectivity index (χ3v) is 7.64. The Morgan fingerprint density at radius 3 is 2.93 bits per heavy atom. The highest BCUT2D eigenvalue weighted by Gasteiger charge is 2.30. The lowest BCUT2D eigenvalue weighted by molar-refractivity contribution is -0.115. The van der Waals surface area contributed by atoms with Crippen molar-refractivity contribution >= 4 is 43.5 Å². The highest BCUT2D eigenvalue weighted by Crippen LogP contribution is 2.30. The lowest BCUT2D eigenvalue weighted by Gasteiger charge is -2.27. The first-order valence-corrected chi connectivity index (χ1v) is 11.1. The average Bonchev–Trinajstić information content (AvgIpc) is 3.24. The Hall–Kier alpha value is -2.27. The van der Waals surface area contributed by atoms with Crippen molar-refractivity contribution in [2.75, 3.05) is 26.0 Å². The van der Waals surface area contributed by atoms with Gasteiger partial charge in [-0.25, -0.2) is 4.98 Å². The van der Waals surface area contributed by atoms with Gasteiger partial charge in [0.05, 0.1) is 18.7 Å². The van der Waals surface area contributed by atoms with Crippen LogP contribution in [0.2, 0.25) is 0 Å². The van der Waals surface area contributed by atoms with Crippen LogP contribution in [0.5, 0.6) is 0 Å². The molecule has 2 aromatic heterocycles. The maximum absolute atomic E-state index is 12.5. The molecule has 28 heavy (non-hydrogen) atoms. The summed E-state index contributed by atoms with van der Waals surface area (Å²) in [5, 5.41) is 4.40. The fraction of sp³-hybridized carbons (Fsp3) is 0.333. The van der Waals surface area contributed by atoms with Gasteiger partial charge in [0.25, 0.3) is 10.2 Å². The number of nitrogens with zero attached hydrogens (tertiary/aromatic N) is 3. The number of carbonyl (C=O) groups is 1. The number of aromatic nitrogens is 2. The summed E-state index contributed by atoms with van der Waals surface area (Å²) < 4.78 is 27.3.